The Labute approximate surface area is 168 Å². The van der Waals surface area contributed by atoms with Crippen LogP contribution in [0.3, 0.4) is 0 Å². The van der Waals surface area contributed by atoms with Crippen molar-refractivity contribution < 1.29 is 4.79 Å². The van der Waals surface area contributed by atoms with Crippen molar-refractivity contribution in [3.8, 4) is 11.8 Å². The molecule has 1 aromatic carbocycles. The van der Waals surface area contributed by atoms with Gasteiger partial charge in [0.15, 0.2) is 0 Å². The average molecular weight is 389 g/mol. The topological polar surface area (TPSA) is 103 Å². The van der Waals surface area contributed by atoms with Crippen LogP contribution in [0, 0.1) is 23.2 Å². The lowest BCUT2D eigenvalue weighted by atomic mass is 10.0. The van der Waals surface area contributed by atoms with Crippen LogP contribution in [0.5, 0.6) is 0 Å². The molecule has 8 nitrogen and oxygen atoms in total. The summed E-state index contributed by atoms with van der Waals surface area (Å²) in [5.74, 6) is 0.937. The highest BCUT2D eigenvalue weighted by Gasteiger charge is 2.32. The van der Waals surface area contributed by atoms with Gasteiger partial charge in [-0.05, 0) is 49.8 Å². The Kier molecular flexibility index (Phi) is 4.51. The van der Waals surface area contributed by atoms with Gasteiger partial charge in [-0.15, -0.1) is 5.10 Å². The van der Waals surface area contributed by atoms with Gasteiger partial charge in [-0.1, -0.05) is 5.21 Å². The summed E-state index contributed by atoms with van der Waals surface area (Å²) in [4.78, 5) is 22.0. The fraction of sp³-hybridized carbons (Fsp3) is 0.476. The molecule has 2 aromatic heterocycles. The van der Waals surface area contributed by atoms with Gasteiger partial charge < -0.3 is 9.88 Å². The second-order valence-electron chi connectivity index (χ2n) is 8.23. The van der Waals surface area contributed by atoms with Gasteiger partial charge in [0.05, 0.1) is 41.0 Å². The Morgan fingerprint density at radius 1 is 1.31 bits per heavy atom. The van der Waals surface area contributed by atoms with Crippen LogP contribution in [0.4, 0.5) is 0 Å². The Bertz CT molecular complexity index is 1080. The van der Waals surface area contributed by atoms with Crippen LogP contribution >= 0.6 is 0 Å². The van der Waals surface area contributed by atoms with E-state index in [1.54, 1.807) is 11.0 Å². The highest BCUT2D eigenvalue weighted by Crippen LogP contribution is 2.34. The van der Waals surface area contributed by atoms with E-state index in [-0.39, 0.29) is 17.7 Å². The van der Waals surface area contributed by atoms with Gasteiger partial charge in [-0.3, -0.25) is 4.79 Å². The molecule has 1 aliphatic carbocycles. The molecule has 0 bridgehead atoms. The average Bonchev–Trinajstić information content (AvgIpc) is 3.53. The van der Waals surface area contributed by atoms with E-state index < -0.39 is 0 Å². The fourth-order valence-corrected chi connectivity index (χ4v) is 4.64. The van der Waals surface area contributed by atoms with E-state index in [9.17, 15) is 4.79 Å². The number of nitrogens with zero attached hydrogens (tertiary/aromatic N) is 6. The minimum Gasteiger partial charge on any atom is -0.345 e. The predicted octanol–water partition coefficient (Wildman–Crippen LogP) is 2.79. The summed E-state index contributed by atoms with van der Waals surface area (Å²) >= 11 is 0. The summed E-state index contributed by atoms with van der Waals surface area (Å²) in [6.07, 6.45) is 7.93. The van der Waals surface area contributed by atoms with Crippen molar-refractivity contribution in [1.82, 2.24) is 29.9 Å². The first kappa shape index (κ1) is 17.9. The number of imidazole rings is 1. The molecule has 2 fully saturated rings. The molecular weight excluding hydrogens is 366 g/mol. The lowest BCUT2D eigenvalue weighted by Gasteiger charge is -2.18. The number of likely N-dealkylation sites (tertiary alicyclic amines) is 1. The normalized spacial score (nSPS) is 24.2. The predicted molar refractivity (Wildman–Crippen MR) is 106 cm³/mol. The van der Waals surface area contributed by atoms with Crippen molar-refractivity contribution >= 4 is 16.9 Å². The number of fused-ring (bicyclic) bond motifs is 1. The zero-order valence-electron chi connectivity index (χ0n) is 16.2. The molecule has 5 rings (SSSR count). The fourth-order valence-electron chi connectivity index (χ4n) is 4.64. The van der Waals surface area contributed by atoms with Crippen LogP contribution in [0.2, 0.25) is 0 Å². The van der Waals surface area contributed by atoms with Gasteiger partial charge in [0, 0.05) is 31.3 Å². The second-order valence-corrected chi connectivity index (χ2v) is 8.23. The summed E-state index contributed by atoms with van der Waals surface area (Å²) < 4.78 is 1.78. The quantitative estimate of drug-likeness (QED) is 0.739. The smallest absolute Gasteiger partial charge is 0.222 e. The Morgan fingerprint density at radius 2 is 2.24 bits per heavy atom. The zero-order valence-corrected chi connectivity index (χ0v) is 16.2. The van der Waals surface area contributed by atoms with Crippen LogP contribution in [0.25, 0.3) is 16.7 Å². The van der Waals surface area contributed by atoms with E-state index in [0.717, 1.165) is 54.6 Å². The third-order valence-electron chi connectivity index (χ3n) is 6.33. The molecule has 29 heavy (non-hydrogen) atoms. The van der Waals surface area contributed by atoms with Gasteiger partial charge in [0.1, 0.15) is 0 Å². The number of hydrogen-bond donors (Lipinski definition) is 1. The zero-order chi connectivity index (χ0) is 19.8. The number of aromatic amines is 1. The van der Waals surface area contributed by atoms with Crippen LogP contribution in [-0.4, -0.2) is 48.9 Å². The third-order valence-corrected chi connectivity index (χ3v) is 6.33. The molecular formula is C21H23N7O. The van der Waals surface area contributed by atoms with E-state index in [0.29, 0.717) is 18.9 Å². The highest BCUT2D eigenvalue weighted by atomic mass is 16.2. The summed E-state index contributed by atoms with van der Waals surface area (Å²) in [5.41, 5.74) is 3.74. The SMILES string of the molecule is N#CC1CCC(CC(=O)N2CCC(c3cn(-c4ccc5nc[nH]c5c4)nn3)C2)C1. The number of hydrogen-bond acceptors (Lipinski definition) is 5. The van der Waals surface area contributed by atoms with Crippen LogP contribution in [0.1, 0.15) is 43.7 Å². The lowest BCUT2D eigenvalue weighted by molar-refractivity contribution is -0.131. The van der Waals surface area contributed by atoms with Crippen LogP contribution in [-0.2, 0) is 4.79 Å². The van der Waals surface area contributed by atoms with Gasteiger partial charge in [0.2, 0.25) is 5.91 Å². The summed E-state index contributed by atoms with van der Waals surface area (Å²) in [5, 5.41) is 17.7. The second kappa shape index (κ2) is 7.32. The number of carbonyl (C=O) groups is 1. The molecule has 1 N–H and O–H groups in total. The third kappa shape index (κ3) is 3.48. The lowest BCUT2D eigenvalue weighted by Crippen LogP contribution is -2.29. The first-order valence-corrected chi connectivity index (χ1v) is 10.2. The number of amides is 1. The van der Waals surface area contributed by atoms with Gasteiger partial charge >= 0.3 is 0 Å². The molecule has 3 aromatic rings. The molecule has 0 radical (unpaired) electrons. The minimum atomic E-state index is 0.134. The van der Waals surface area contributed by atoms with Gasteiger partial charge in [-0.25, -0.2) is 9.67 Å². The van der Waals surface area contributed by atoms with Crippen molar-refractivity contribution in [2.45, 2.75) is 38.0 Å². The van der Waals surface area contributed by atoms with Gasteiger partial charge in [0.25, 0.3) is 0 Å². The standard InChI is InChI=1S/C21H23N7O/c22-10-15-2-1-14(7-15)8-21(29)27-6-5-16(11-27)20-12-28(26-25-20)17-3-4-18-19(9-17)24-13-23-18/h3-4,9,12-16H,1-2,5-8,11H2,(H,23,24). The van der Waals surface area contributed by atoms with Crippen molar-refractivity contribution in [3.63, 3.8) is 0 Å². The van der Waals surface area contributed by atoms with Crippen LogP contribution < -0.4 is 0 Å². The van der Waals surface area contributed by atoms with E-state index >= 15 is 0 Å². The molecule has 1 amide bonds. The molecule has 3 atom stereocenters. The Morgan fingerprint density at radius 3 is 3.10 bits per heavy atom. The number of H-pyrrole nitrogens is 1. The Hall–Kier alpha value is -3.21. The van der Waals surface area contributed by atoms with E-state index in [4.69, 9.17) is 5.26 Å². The van der Waals surface area contributed by atoms with E-state index in [1.165, 1.54) is 0 Å². The number of rotatable bonds is 4. The van der Waals surface area contributed by atoms with Crippen molar-refractivity contribution in [1.29, 1.82) is 5.26 Å². The monoisotopic (exact) mass is 389 g/mol. The summed E-state index contributed by atoms with van der Waals surface area (Å²) in [6.45, 7) is 1.47. The molecule has 2 aliphatic rings. The number of nitriles is 1. The molecule has 3 unspecified atom stereocenters. The molecule has 148 valence electrons. The maximum absolute atomic E-state index is 12.7. The maximum atomic E-state index is 12.7. The van der Waals surface area contributed by atoms with Crippen molar-refractivity contribution in [3.05, 3.63) is 36.4 Å². The summed E-state index contributed by atoms with van der Waals surface area (Å²) in [6, 6.07) is 8.27. The molecule has 1 saturated heterocycles. The Balaban J connectivity index is 1.22. The molecule has 1 aliphatic heterocycles. The molecule has 0 spiro atoms. The first-order valence-electron chi connectivity index (χ1n) is 10.2. The summed E-state index contributed by atoms with van der Waals surface area (Å²) in [7, 11) is 0. The maximum Gasteiger partial charge on any atom is 0.222 e. The molecule has 1 saturated carbocycles. The number of aromatic nitrogens is 5. The number of nitrogens with one attached hydrogen (secondary N) is 1. The largest absolute Gasteiger partial charge is 0.345 e. The van der Waals surface area contributed by atoms with E-state index in [1.807, 2.05) is 29.3 Å². The number of benzene rings is 1. The first-order chi connectivity index (χ1) is 14.2. The van der Waals surface area contributed by atoms with E-state index in [2.05, 4.69) is 26.3 Å². The highest BCUT2D eigenvalue weighted by molar-refractivity contribution is 5.77. The van der Waals surface area contributed by atoms with Crippen LogP contribution in [0.15, 0.2) is 30.7 Å². The van der Waals surface area contributed by atoms with Crippen molar-refractivity contribution in [2.75, 3.05) is 13.1 Å². The van der Waals surface area contributed by atoms with Gasteiger partial charge in [-0.2, -0.15) is 5.26 Å². The minimum absolute atomic E-state index is 0.134. The number of carbonyl (C=O) groups excluding carboxylic acids is 1. The molecule has 8 heteroatoms. The van der Waals surface area contributed by atoms with Crippen molar-refractivity contribution in [2.24, 2.45) is 11.8 Å². The molecule has 3 heterocycles.